The molecular weight excluding hydrogens is 236 g/mol. The van der Waals surface area contributed by atoms with E-state index in [9.17, 15) is 9.59 Å². The van der Waals surface area contributed by atoms with Crippen molar-refractivity contribution in [2.24, 2.45) is 0 Å². The van der Waals surface area contributed by atoms with Gasteiger partial charge in [0.25, 0.3) is 0 Å². The summed E-state index contributed by atoms with van der Waals surface area (Å²) in [6, 6.07) is 0. The second-order valence-electron chi connectivity index (χ2n) is 3.55. The minimum absolute atomic E-state index is 0.176. The summed E-state index contributed by atoms with van der Waals surface area (Å²) in [5.41, 5.74) is 0.612. The van der Waals surface area contributed by atoms with E-state index in [1.165, 1.54) is 6.92 Å². The van der Waals surface area contributed by atoms with Crippen LogP contribution in [0.3, 0.4) is 0 Å². The summed E-state index contributed by atoms with van der Waals surface area (Å²) in [6.07, 6.45) is 0.743. The quantitative estimate of drug-likeness (QED) is 0.430. The molecule has 5 heteroatoms. The first kappa shape index (κ1) is 18.7. The van der Waals surface area contributed by atoms with Gasteiger partial charge >= 0.3 is 11.9 Å². The third kappa shape index (κ3) is 14.4. The van der Waals surface area contributed by atoms with Gasteiger partial charge in [-0.2, -0.15) is 0 Å². The van der Waals surface area contributed by atoms with Gasteiger partial charge in [0.05, 0.1) is 6.61 Å². The van der Waals surface area contributed by atoms with E-state index in [-0.39, 0.29) is 11.5 Å². The van der Waals surface area contributed by atoms with Crippen LogP contribution < -0.4 is 0 Å². The molecule has 0 heterocycles. The molecule has 18 heavy (non-hydrogen) atoms. The SMILES string of the molecule is C=C(C)C(=O)O.C=C(C)C(=O)OCCCOCC. The van der Waals surface area contributed by atoms with Crippen LogP contribution in [0.4, 0.5) is 0 Å². The predicted octanol–water partition coefficient (Wildman–Crippen LogP) is 2.18. The molecule has 5 nitrogen and oxygen atoms in total. The van der Waals surface area contributed by atoms with E-state index in [0.29, 0.717) is 25.4 Å². The van der Waals surface area contributed by atoms with Gasteiger partial charge in [0.15, 0.2) is 0 Å². The molecule has 0 spiro atoms. The molecule has 104 valence electrons. The highest BCUT2D eigenvalue weighted by Gasteiger charge is 2.01. The Morgan fingerprint density at radius 1 is 1.11 bits per heavy atom. The normalized spacial score (nSPS) is 8.83. The lowest BCUT2D eigenvalue weighted by atomic mass is 10.4. The van der Waals surface area contributed by atoms with Crippen molar-refractivity contribution in [2.75, 3.05) is 19.8 Å². The molecule has 1 N–H and O–H groups in total. The first-order valence-corrected chi connectivity index (χ1v) is 5.62. The molecule has 0 aromatic heterocycles. The molecule has 0 aliphatic heterocycles. The molecule has 0 aromatic carbocycles. The van der Waals surface area contributed by atoms with Gasteiger partial charge in [-0.05, 0) is 20.8 Å². The number of carbonyl (C=O) groups is 2. The largest absolute Gasteiger partial charge is 0.478 e. The monoisotopic (exact) mass is 258 g/mol. The number of esters is 1. The number of hydrogen-bond donors (Lipinski definition) is 1. The number of carboxylic acids is 1. The Morgan fingerprint density at radius 2 is 1.61 bits per heavy atom. The molecule has 0 unspecified atom stereocenters. The van der Waals surface area contributed by atoms with E-state index in [2.05, 4.69) is 13.2 Å². The van der Waals surface area contributed by atoms with Crippen molar-refractivity contribution >= 4 is 11.9 Å². The van der Waals surface area contributed by atoms with Gasteiger partial charge in [-0.3, -0.25) is 0 Å². The van der Waals surface area contributed by atoms with Crippen LogP contribution in [0.25, 0.3) is 0 Å². The first-order chi connectivity index (χ1) is 8.32. The number of aliphatic carboxylic acids is 1. The van der Waals surface area contributed by atoms with Gasteiger partial charge in [-0.1, -0.05) is 13.2 Å². The fraction of sp³-hybridized carbons (Fsp3) is 0.538. The van der Waals surface area contributed by atoms with Crippen LogP contribution in [0.5, 0.6) is 0 Å². The molecule has 0 saturated heterocycles. The van der Waals surface area contributed by atoms with Crippen LogP contribution in [0.15, 0.2) is 24.3 Å². The lowest BCUT2D eigenvalue weighted by molar-refractivity contribution is -0.139. The Balaban J connectivity index is 0. The van der Waals surface area contributed by atoms with Crippen molar-refractivity contribution < 1.29 is 24.2 Å². The molecule has 0 rings (SSSR count). The second-order valence-corrected chi connectivity index (χ2v) is 3.55. The summed E-state index contributed by atoms with van der Waals surface area (Å²) in [5, 5.41) is 7.89. The Morgan fingerprint density at radius 3 is 1.94 bits per heavy atom. The number of hydrogen-bond acceptors (Lipinski definition) is 4. The summed E-state index contributed by atoms with van der Waals surface area (Å²) in [7, 11) is 0. The second kappa shape index (κ2) is 11.9. The highest BCUT2D eigenvalue weighted by Crippen LogP contribution is 1.93. The standard InChI is InChI=1S/C9H16O3.C4H6O2/c1-4-11-6-5-7-12-9(10)8(2)3;1-3(2)4(5)6/h2,4-7H2,1,3H3;1H2,2H3,(H,5,6). The first-order valence-electron chi connectivity index (χ1n) is 5.62. The van der Waals surface area contributed by atoms with Gasteiger partial charge < -0.3 is 14.6 Å². The minimum Gasteiger partial charge on any atom is -0.478 e. The van der Waals surface area contributed by atoms with Crippen LogP contribution in [0, 0.1) is 0 Å². The lowest BCUT2D eigenvalue weighted by Crippen LogP contribution is -2.08. The highest BCUT2D eigenvalue weighted by molar-refractivity contribution is 5.86. The maximum atomic E-state index is 10.8. The Bertz CT molecular complexity index is 282. The Hall–Kier alpha value is -1.62. The molecule has 0 bridgehead atoms. The van der Waals surface area contributed by atoms with Gasteiger partial charge in [0.1, 0.15) is 0 Å². The number of carboxylic acid groups (broad SMARTS) is 1. The molecule has 0 fully saturated rings. The smallest absolute Gasteiger partial charge is 0.333 e. The zero-order valence-corrected chi connectivity index (χ0v) is 11.3. The molecule has 0 radical (unpaired) electrons. The molecule has 0 atom stereocenters. The fourth-order valence-electron chi connectivity index (χ4n) is 0.593. The summed E-state index contributed by atoms with van der Waals surface area (Å²) in [5.74, 6) is -1.26. The molecular formula is C13H22O5. The van der Waals surface area contributed by atoms with Crippen LogP contribution in [0.2, 0.25) is 0 Å². The summed E-state index contributed by atoms with van der Waals surface area (Å²) >= 11 is 0. The third-order valence-electron chi connectivity index (χ3n) is 1.58. The van der Waals surface area contributed by atoms with Crippen molar-refractivity contribution in [3.05, 3.63) is 24.3 Å². The molecule has 0 amide bonds. The van der Waals surface area contributed by atoms with Crippen molar-refractivity contribution in [2.45, 2.75) is 27.2 Å². The summed E-state index contributed by atoms with van der Waals surface area (Å²) in [4.78, 5) is 20.4. The van der Waals surface area contributed by atoms with Crippen LogP contribution >= 0.6 is 0 Å². The molecule has 0 aromatic rings. The van der Waals surface area contributed by atoms with Gasteiger partial charge in [-0.15, -0.1) is 0 Å². The average molecular weight is 258 g/mol. The van der Waals surface area contributed by atoms with Crippen LogP contribution in [-0.4, -0.2) is 36.9 Å². The van der Waals surface area contributed by atoms with Crippen molar-refractivity contribution in [3.8, 4) is 0 Å². The number of carbonyl (C=O) groups excluding carboxylic acids is 1. The highest BCUT2D eigenvalue weighted by atomic mass is 16.5. The zero-order valence-electron chi connectivity index (χ0n) is 11.3. The third-order valence-corrected chi connectivity index (χ3v) is 1.58. The fourth-order valence-corrected chi connectivity index (χ4v) is 0.593. The van der Waals surface area contributed by atoms with E-state index in [1.807, 2.05) is 6.92 Å². The maximum Gasteiger partial charge on any atom is 0.333 e. The van der Waals surface area contributed by atoms with Gasteiger partial charge in [-0.25, -0.2) is 9.59 Å². The average Bonchev–Trinajstić information content (AvgIpc) is 2.29. The van der Waals surface area contributed by atoms with Crippen molar-refractivity contribution in [1.82, 2.24) is 0 Å². The predicted molar refractivity (Wildman–Crippen MR) is 69.3 cm³/mol. The molecule has 0 aliphatic rings. The maximum absolute atomic E-state index is 10.8. The molecule has 0 saturated carbocycles. The molecule has 0 aliphatic carbocycles. The van der Waals surface area contributed by atoms with E-state index in [4.69, 9.17) is 14.6 Å². The minimum atomic E-state index is -0.935. The lowest BCUT2D eigenvalue weighted by Gasteiger charge is -2.03. The number of ether oxygens (including phenoxy) is 2. The van der Waals surface area contributed by atoms with E-state index in [0.717, 1.165) is 6.42 Å². The summed E-state index contributed by atoms with van der Waals surface area (Å²) < 4.78 is 9.89. The Kier molecular flexibility index (Phi) is 12.3. The summed E-state index contributed by atoms with van der Waals surface area (Å²) in [6.45, 7) is 13.4. The van der Waals surface area contributed by atoms with Crippen molar-refractivity contribution in [3.63, 3.8) is 0 Å². The zero-order chi connectivity index (χ0) is 14.6. The number of rotatable bonds is 7. The topological polar surface area (TPSA) is 72.8 Å². The van der Waals surface area contributed by atoms with Crippen LogP contribution in [0.1, 0.15) is 27.2 Å². The van der Waals surface area contributed by atoms with E-state index < -0.39 is 5.97 Å². The van der Waals surface area contributed by atoms with E-state index in [1.54, 1.807) is 6.92 Å². The van der Waals surface area contributed by atoms with Crippen LogP contribution in [-0.2, 0) is 19.1 Å². The van der Waals surface area contributed by atoms with Gasteiger partial charge in [0.2, 0.25) is 0 Å². The Labute approximate surface area is 108 Å². The van der Waals surface area contributed by atoms with Gasteiger partial charge in [0, 0.05) is 30.8 Å². The van der Waals surface area contributed by atoms with E-state index >= 15 is 0 Å². The van der Waals surface area contributed by atoms with Crippen molar-refractivity contribution in [1.29, 1.82) is 0 Å².